The Morgan fingerprint density at radius 2 is 2.07 bits per heavy atom. The molecule has 0 radical (unpaired) electrons. The highest BCUT2D eigenvalue weighted by molar-refractivity contribution is 5.82. The molecule has 0 fully saturated rings. The number of para-hydroxylation sites is 1. The molecule has 1 aromatic carbocycles. The maximum absolute atomic E-state index is 3.99. The topological polar surface area (TPSA) is 35.6 Å². The van der Waals surface area contributed by atoms with Gasteiger partial charge in [0.05, 0.1) is 12.4 Å². The SMILES string of the molecule is Cn1c(-n2ccnn2)cc2ccccc21. The molecule has 3 rings (SSSR count). The molecule has 2 aromatic heterocycles. The average molecular weight is 198 g/mol. The third kappa shape index (κ3) is 1.15. The minimum Gasteiger partial charge on any atom is -0.329 e. The Labute approximate surface area is 86.7 Å². The molecule has 0 bridgehead atoms. The van der Waals surface area contributed by atoms with Gasteiger partial charge in [0.2, 0.25) is 0 Å². The summed E-state index contributed by atoms with van der Waals surface area (Å²) in [5.41, 5.74) is 1.20. The van der Waals surface area contributed by atoms with E-state index in [-0.39, 0.29) is 0 Å². The largest absolute Gasteiger partial charge is 0.329 e. The van der Waals surface area contributed by atoms with Crippen LogP contribution in [-0.4, -0.2) is 19.6 Å². The van der Waals surface area contributed by atoms with Gasteiger partial charge in [0.25, 0.3) is 0 Å². The fourth-order valence-corrected chi connectivity index (χ4v) is 1.82. The molecule has 74 valence electrons. The Kier molecular flexibility index (Phi) is 1.62. The first kappa shape index (κ1) is 8.23. The van der Waals surface area contributed by atoms with E-state index in [2.05, 4.69) is 33.1 Å². The van der Waals surface area contributed by atoms with Crippen molar-refractivity contribution < 1.29 is 0 Å². The molecule has 0 unspecified atom stereocenters. The molecule has 0 aliphatic rings. The van der Waals surface area contributed by atoms with E-state index in [1.165, 1.54) is 10.9 Å². The summed E-state index contributed by atoms with van der Waals surface area (Å²) in [6, 6.07) is 10.4. The molecule has 0 spiro atoms. The fourth-order valence-electron chi connectivity index (χ4n) is 1.82. The van der Waals surface area contributed by atoms with Gasteiger partial charge >= 0.3 is 0 Å². The molecule has 2 heterocycles. The van der Waals surface area contributed by atoms with Crippen molar-refractivity contribution in [3.8, 4) is 5.82 Å². The lowest BCUT2D eigenvalue weighted by Gasteiger charge is -2.01. The van der Waals surface area contributed by atoms with Crippen LogP contribution in [0.2, 0.25) is 0 Å². The standard InChI is InChI=1S/C11H10N4/c1-14-10-5-3-2-4-9(10)8-11(14)15-7-6-12-13-15/h2-8H,1H3. The Balaban J connectivity index is 2.33. The number of rotatable bonds is 1. The summed E-state index contributed by atoms with van der Waals surface area (Å²) in [5, 5.41) is 9.01. The van der Waals surface area contributed by atoms with Gasteiger partial charge in [-0.3, -0.25) is 0 Å². The summed E-state index contributed by atoms with van der Waals surface area (Å²) in [6.07, 6.45) is 3.52. The molecule has 4 nitrogen and oxygen atoms in total. The number of hydrogen-bond donors (Lipinski definition) is 0. The van der Waals surface area contributed by atoms with Gasteiger partial charge < -0.3 is 4.57 Å². The van der Waals surface area contributed by atoms with E-state index in [4.69, 9.17) is 0 Å². The molecule has 0 saturated carbocycles. The van der Waals surface area contributed by atoms with Gasteiger partial charge in [-0.15, -0.1) is 5.10 Å². The molecule has 0 amide bonds. The van der Waals surface area contributed by atoms with Crippen LogP contribution >= 0.6 is 0 Å². The summed E-state index contributed by atoms with van der Waals surface area (Å²) in [7, 11) is 2.03. The number of hydrogen-bond acceptors (Lipinski definition) is 2. The minimum atomic E-state index is 1.02. The van der Waals surface area contributed by atoms with Gasteiger partial charge in [-0.1, -0.05) is 23.4 Å². The fraction of sp³-hybridized carbons (Fsp3) is 0.0909. The van der Waals surface area contributed by atoms with Gasteiger partial charge in [0, 0.05) is 18.0 Å². The van der Waals surface area contributed by atoms with Crippen LogP contribution in [0.4, 0.5) is 0 Å². The van der Waals surface area contributed by atoms with Crippen LogP contribution < -0.4 is 0 Å². The van der Waals surface area contributed by atoms with Crippen LogP contribution in [0.1, 0.15) is 0 Å². The van der Waals surface area contributed by atoms with Crippen molar-refractivity contribution in [2.45, 2.75) is 0 Å². The molecule has 0 saturated heterocycles. The van der Waals surface area contributed by atoms with E-state index in [9.17, 15) is 0 Å². The molecule has 0 aliphatic carbocycles. The molecular weight excluding hydrogens is 188 g/mol. The van der Waals surface area contributed by atoms with E-state index < -0.39 is 0 Å². The summed E-state index contributed by atoms with van der Waals surface area (Å²) >= 11 is 0. The smallest absolute Gasteiger partial charge is 0.136 e. The lowest BCUT2D eigenvalue weighted by atomic mass is 10.2. The van der Waals surface area contributed by atoms with Crippen LogP contribution in [0.15, 0.2) is 42.7 Å². The third-order valence-corrected chi connectivity index (χ3v) is 2.58. The predicted molar refractivity (Wildman–Crippen MR) is 57.8 cm³/mol. The zero-order valence-electron chi connectivity index (χ0n) is 8.33. The highest BCUT2D eigenvalue weighted by Gasteiger charge is 2.06. The van der Waals surface area contributed by atoms with Crippen molar-refractivity contribution in [2.75, 3.05) is 0 Å². The molecule has 3 aromatic rings. The highest BCUT2D eigenvalue weighted by atomic mass is 15.4. The number of benzene rings is 1. The van der Waals surface area contributed by atoms with Gasteiger partial charge in [-0.2, -0.15) is 0 Å². The Hall–Kier alpha value is -2.10. The number of nitrogens with zero attached hydrogens (tertiary/aromatic N) is 4. The van der Waals surface area contributed by atoms with Crippen LogP contribution in [-0.2, 0) is 7.05 Å². The average Bonchev–Trinajstić information content (AvgIpc) is 2.87. The second kappa shape index (κ2) is 2.95. The normalized spacial score (nSPS) is 11.0. The van der Waals surface area contributed by atoms with Crippen LogP contribution in [0.3, 0.4) is 0 Å². The molecular formula is C11H10N4. The van der Waals surface area contributed by atoms with Gasteiger partial charge in [-0.25, -0.2) is 4.68 Å². The van der Waals surface area contributed by atoms with Gasteiger partial charge in [0.15, 0.2) is 0 Å². The van der Waals surface area contributed by atoms with Crippen molar-refractivity contribution in [1.29, 1.82) is 0 Å². The quantitative estimate of drug-likeness (QED) is 0.597. The number of aryl methyl sites for hydroxylation is 1. The van der Waals surface area contributed by atoms with Gasteiger partial charge in [0.1, 0.15) is 5.82 Å². The van der Waals surface area contributed by atoms with E-state index in [0.717, 1.165) is 5.82 Å². The molecule has 4 heteroatoms. The van der Waals surface area contributed by atoms with Crippen LogP contribution in [0, 0.1) is 0 Å². The highest BCUT2D eigenvalue weighted by Crippen LogP contribution is 2.20. The molecule has 15 heavy (non-hydrogen) atoms. The first-order chi connectivity index (χ1) is 7.36. The molecule has 0 N–H and O–H groups in total. The van der Waals surface area contributed by atoms with Gasteiger partial charge in [-0.05, 0) is 12.1 Å². The van der Waals surface area contributed by atoms with E-state index in [1.807, 2.05) is 25.4 Å². The van der Waals surface area contributed by atoms with Crippen molar-refractivity contribution in [3.63, 3.8) is 0 Å². The third-order valence-electron chi connectivity index (χ3n) is 2.58. The van der Waals surface area contributed by atoms with Crippen LogP contribution in [0.5, 0.6) is 0 Å². The van der Waals surface area contributed by atoms with Crippen molar-refractivity contribution in [3.05, 3.63) is 42.7 Å². The van der Waals surface area contributed by atoms with Crippen LogP contribution in [0.25, 0.3) is 16.7 Å². The number of aromatic nitrogens is 4. The maximum atomic E-state index is 3.99. The second-order valence-corrected chi connectivity index (χ2v) is 3.47. The minimum absolute atomic E-state index is 1.02. The lowest BCUT2D eigenvalue weighted by molar-refractivity contribution is 0.745. The Bertz CT molecular complexity index is 592. The molecule has 0 atom stereocenters. The summed E-state index contributed by atoms with van der Waals surface area (Å²) in [4.78, 5) is 0. The van der Waals surface area contributed by atoms with E-state index >= 15 is 0 Å². The van der Waals surface area contributed by atoms with E-state index in [0.29, 0.717) is 0 Å². The van der Waals surface area contributed by atoms with Crippen molar-refractivity contribution in [2.24, 2.45) is 7.05 Å². The first-order valence-electron chi connectivity index (χ1n) is 4.77. The Morgan fingerprint density at radius 3 is 2.80 bits per heavy atom. The first-order valence-corrected chi connectivity index (χ1v) is 4.77. The monoisotopic (exact) mass is 198 g/mol. The number of fused-ring (bicyclic) bond motifs is 1. The van der Waals surface area contributed by atoms with Crippen molar-refractivity contribution in [1.82, 2.24) is 19.6 Å². The summed E-state index contributed by atoms with van der Waals surface area (Å²) in [5.74, 6) is 1.02. The maximum Gasteiger partial charge on any atom is 0.136 e. The summed E-state index contributed by atoms with van der Waals surface area (Å²) in [6.45, 7) is 0. The zero-order chi connectivity index (χ0) is 10.3. The zero-order valence-corrected chi connectivity index (χ0v) is 8.33. The lowest BCUT2D eigenvalue weighted by Crippen LogP contribution is -2.01. The second-order valence-electron chi connectivity index (χ2n) is 3.47. The van der Waals surface area contributed by atoms with E-state index in [1.54, 1.807) is 10.9 Å². The predicted octanol–water partition coefficient (Wildman–Crippen LogP) is 1.76. The molecule has 0 aliphatic heterocycles. The summed E-state index contributed by atoms with van der Waals surface area (Å²) < 4.78 is 3.87. The Morgan fingerprint density at radius 1 is 1.20 bits per heavy atom. The van der Waals surface area contributed by atoms with Crippen molar-refractivity contribution >= 4 is 10.9 Å².